The Kier molecular flexibility index (Phi) is 9.20. The number of halogens is 1. The molecule has 0 saturated carbocycles. The molecule has 2 aromatic rings. The highest BCUT2D eigenvalue weighted by atomic mass is 127. The zero-order chi connectivity index (χ0) is 19.2. The summed E-state index contributed by atoms with van der Waals surface area (Å²) in [6.07, 6.45) is 0.745. The summed E-state index contributed by atoms with van der Waals surface area (Å²) in [4.78, 5) is 4.35. The lowest BCUT2D eigenvalue weighted by Gasteiger charge is -2.13. The highest BCUT2D eigenvalue weighted by Crippen LogP contribution is 2.10. The number of guanidine groups is 1. The van der Waals surface area contributed by atoms with Gasteiger partial charge in [-0.2, -0.15) is 0 Å². The van der Waals surface area contributed by atoms with E-state index in [2.05, 4.69) is 47.7 Å². The Balaban J connectivity index is 0.00000364. The number of hydrogen-bond donors (Lipinski definition) is 3. The molecule has 2 aromatic carbocycles. The van der Waals surface area contributed by atoms with Crippen molar-refractivity contribution < 1.29 is 8.42 Å². The number of nitrogens with one attached hydrogen (secondary N) is 2. The molecule has 0 heterocycles. The van der Waals surface area contributed by atoms with Crippen molar-refractivity contribution in [1.29, 1.82) is 0 Å². The Morgan fingerprint density at radius 3 is 2.30 bits per heavy atom. The Morgan fingerprint density at radius 1 is 1.07 bits per heavy atom. The Hall–Kier alpha value is -1.65. The van der Waals surface area contributed by atoms with E-state index in [-0.39, 0.29) is 28.9 Å². The molecule has 0 aliphatic carbocycles. The topological polar surface area (TPSA) is 96.6 Å². The number of rotatable bonds is 6. The van der Waals surface area contributed by atoms with Crippen LogP contribution in [0.1, 0.15) is 22.3 Å². The van der Waals surface area contributed by atoms with Gasteiger partial charge in [0, 0.05) is 20.1 Å². The number of nitrogens with zero attached hydrogens (tertiary/aromatic N) is 1. The second kappa shape index (κ2) is 10.6. The second-order valence-corrected chi connectivity index (χ2v) is 7.78. The molecule has 0 saturated heterocycles. The first-order valence-corrected chi connectivity index (χ1v) is 9.96. The highest BCUT2D eigenvalue weighted by Gasteiger charge is 2.07. The van der Waals surface area contributed by atoms with E-state index >= 15 is 0 Å². The van der Waals surface area contributed by atoms with Crippen molar-refractivity contribution in [3.05, 3.63) is 64.7 Å². The molecular formula is C19H27IN4O2S. The van der Waals surface area contributed by atoms with Crippen LogP contribution in [0.5, 0.6) is 0 Å². The van der Waals surface area contributed by atoms with Crippen LogP contribution >= 0.6 is 24.0 Å². The smallest absolute Gasteiger partial charge is 0.238 e. The summed E-state index contributed by atoms with van der Waals surface area (Å²) in [5.74, 6) is 0.728. The van der Waals surface area contributed by atoms with E-state index in [1.165, 1.54) is 28.8 Å². The van der Waals surface area contributed by atoms with Gasteiger partial charge in [-0.1, -0.05) is 35.9 Å². The van der Waals surface area contributed by atoms with Gasteiger partial charge in [0.25, 0.3) is 0 Å². The molecule has 0 aliphatic heterocycles. The molecule has 0 unspecified atom stereocenters. The number of hydrogen-bond acceptors (Lipinski definition) is 3. The third kappa shape index (κ3) is 7.47. The molecule has 0 fully saturated rings. The normalized spacial score (nSPS) is 11.6. The summed E-state index contributed by atoms with van der Waals surface area (Å²) in [5, 5.41) is 11.7. The lowest BCUT2D eigenvalue weighted by Crippen LogP contribution is -2.38. The van der Waals surface area contributed by atoms with Gasteiger partial charge in [0.2, 0.25) is 10.0 Å². The molecule has 0 amide bonds. The van der Waals surface area contributed by atoms with Gasteiger partial charge < -0.3 is 10.6 Å². The van der Waals surface area contributed by atoms with Gasteiger partial charge >= 0.3 is 0 Å². The number of nitrogens with two attached hydrogens (primary N) is 1. The zero-order valence-electron chi connectivity index (χ0n) is 15.8. The van der Waals surface area contributed by atoms with Gasteiger partial charge in [0.05, 0.1) is 4.90 Å². The molecule has 6 nitrogen and oxygen atoms in total. The fourth-order valence-electron chi connectivity index (χ4n) is 2.61. The van der Waals surface area contributed by atoms with E-state index in [9.17, 15) is 8.42 Å². The van der Waals surface area contributed by atoms with Crippen molar-refractivity contribution in [3.63, 3.8) is 0 Å². The van der Waals surface area contributed by atoms with Crippen molar-refractivity contribution in [3.8, 4) is 0 Å². The van der Waals surface area contributed by atoms with Crippen LogP contribution < -0.4 is 15.8 Å². The lowest BCUT2D eigenvalue weighted by molar-refractivity contribution is 0.598. The summed E-state index contributed by atoms with van der Waals surface area (Å²) in [6.45, 7) is 5.57. The number of benzene rings is 2. The van der Waals surface area contributed by atoms with Crippen LogP contribution in [0.2, 0.25) is 0 Å². The first kappa shape index (κ1) is 23.4. The average Bonchev–Trinajstić information content (AvgIpc) is 2.59. The minimum Gasteiger partial charge on any atom is -0.356 e. The standard InChI is InChI=1S/C19H26N4O2S.HI/c1-14-4-7-17(15(2)12-14)13-23-19(21-3)22-11-10-16-5-8-18(9-6-16)26(20,24)25;/h4-9,12H,10-11,13H2,1-3H3,(H2,20,24,25)(H2,21,22,23);1H. The lowest BCUT2D eigenvalue weighted by atomic mass is 10.1. The maximum Gasteiger partial charge on any atom is 0.238 e. The Bertz CT molecular complexity index is 881. The minimum absolute atomic E-state index is 0. The third-order valence-electron chi connectivity index (χ3n) is 4.13. The van der Waals surface area contributed by atoms with Crippen LogP contribution in [0.4, 0.5) is 0 Å². The van der Waals surface area contributed by atoms with E-state index in [4.69, 9.17) is 5.14 Å². The summed E-state index contributed by atoms with van der Waals surface area (Å²) >= 11 is 0. The largest absolute Gasteiger partial charge is 0.356 e. The van der Waals surface area contributed by atoms with Gasteiger partial charge in [-0.05, 0) is 49.1 Å². The van der Waals surface area contributed by atoms with Crippen LogP contribution in [0.15, 0.2) is 52.4 Å². The fourth-order valence-corrected chi connectivity index (χ4v) is 3.13. The monoisotopic (exact) mass is 502 g/mol. The molecule has 4 N–H and O–H groups in total. The quantitative estimate of drug-likeness (QED) is 0.321. The number of aryl methyl sites for hydroxylation is 2. The molecule has 0 radical (unpaired) electrons. The van der Waals surface area contributed by atoms with Gasteiger partial charge in [-0.25, -0.2) is 13.6 Å². The van der Waals surface area contributed by atoms with E-state index < -0.39 is 10.0 Å². The van der Waals surface area contributed by atoms with Crippen molar-refractivity contribution in [1.82, 2.24) is 10.6 Å². The first-order valence-electron chi connectivity index (χ1n) is 8.42. The molecule has 0 bridgehead atoms. The predicted octanol–water partition coefficient (Wildman–Crippen LogP) is 2.48. The predicted molar refractivity (Wildman–Crippen MR) is 121 cm³/mol. The Labute approximate surface area is 178 Å². The minimum atomic E-state index is -3.64. The van der Waals surface area contributed by atoms with E-state index in [1.54, 1.807) is 19.2 Å². The molecule has 2 rings (SSSR count). The molecule has 0 spiro atoms. The van der Waals surface area contributed by atoms with Crippen molar-refractivity contribution in [2.24, 2.45) is 10.1 Å². The van der Waals surface area contributed by atoms with Crippen LogP contribution in [0.25, 0.3) is 0 Å². The molecule has 0 aromatic heterocycles. The second-order valence-electron chi connectivity index (χ2n) is 6.22. The highest BCUT2D eigenvalue weighted by molar-refractivity contribution is 14.0. The van der Waals surface area contributed by atoms with Crippen LogP contribution in [0.3, 0.4) is 0 Å². The molecule has 8 heteroatoms. The van der Waals surface area contributed by atoms with E-state index in [0.29, 0.717) is 13.1 Å². The molecule has 148 valence electrons. The van der Waals surface area contributed by atoms with Gasteiger partial charge in [-0.3, -0.25) is 4.99 Å². The first-order chi connectivity index (χ1) is 12.3. The van der Waals surface area contributed by atoms with Crippen molar-refractivity contribution >= 4 is 40.0 Å². The van der Waals surface area contributed by atoms with Crippen molar-refractivity contribution in [2.75, 3.05) is 13.6 Å². The summed E-state index contributed by atoms with van der Waals surface area (Å²) < 4.78 is 22.5. The number of primary sulfonamides is 1. The maximum absolute atomic E-state index is 11.3. The average molecular weight is 502 g/mol. The van der Waals surface area contributed by atoms with Crippen LogP contribution in [0, 0.1) is 13.8 Å². The van der Waals surface area contributed by atoms with Gasteiger partial charge in [-0.15, -0.1) is 24.0 Å². The fraction of sp³-hybridized carbons (Fsp3) is 0.316. The van der Waals surface area contributed by atoms with Crippen LogP contribution in [-0.4, -0.2) is 28.0 Å². The Morgan fingerprint density at radius 2 is 1.74 bits per heavy atom. The third-order valence-corrected chi connectivity index (χ3v) is 5.06. The summed E-state index contributed by atoms with van der Waals surface area (Å²) in [5.41, 5.74) is 4.76. The zero-order valence-corrected chi connectivity index (χ0v) is 19.0. The van der Waals surface area contributed by atoms with Crippen LogP contribution in [-0.2, 0) is 23.0 Å². The molecule has 0 atom stereocenters. The molecule has 0 aliphatic rings. The van der Waals surface area contributed by atoms with E-state index in [0.717, 1.165) is 17.9 Å². The summed E-state index contributed by atoms with van der Waals surface area (Å²) in [6, 6.07) is 13.0. The SMILES string of the molecule is CN=C(NCCc1ccc(S(N)(=O)=O)cc1)NCc1ccc(C)cc1C.I. The maximum atomic E-state index is 11.3. The number of aliphatic imine (C=N–C) groups is 1. The number of sulfonamides is 1. The molecular weight excluding hydrogens is 475 g/mol. The van der Waals surface area contributed by atoms with E-state index in [1.807, 2.05) is 0 Å². The van der Waals surface area contributed by atoms with Gasteiger partial charge in [0.15, 0.2) is 5.96 Å². The van der Waals surface area contributed by atoms with Gasteiger partial charge in [0.1, 0.15) is 0 Å². The molecule has 27 heavy (non-hydrogen) atoms. The summed E-state index contributed by atoms with van der Waals surface area (Å²) in [7, 11) is -1.91. The van der Waals surface area contributed by atoms with Crippen molar-refractivity contribution in [2.45, 2.75) is 31.7 Å².